The first-order chi connectivity index (χ1) is 8.45. The Morgan fingerprint density at radius 2 is 2.06 bits per heavy atom. The number of rotatable bonds is 3. The molecule has 102 valence electrons. The Balaban J connectivity index is 2.00. The van der Waals surface area contributed by atoms with E-state index < -0.39 is 0 Å². The van der Waals surface area contributed by atoms with Crippen molar-refractivity contribution >= 4 is 11.3 Å². The average Bonchev–Trinajstić information content (AvgIpc) is 2.81. The van der Waals surface area contributed by atoms with Crippen LogP contribution in [-0.4, -0.2) is 11.5 Å². The third kappa shape index (κ3) is 3.12. The fraction of sp³-hybridized carbons (Fsp3) is 0.800. The van der Waals surface area contributed by atoms with Gasteiger partial charge < -0.3 is 5.73 Å². The Kier molecular flexibility index (Phi) is 4.12. The van der Waals surface area contributed by atoms with Gasteiger partial charge in [0.25, 0.3) is 0 Å². The minimum atomic E-state index is 0.315. The predicted molar refractivity (Wildman–Crippen MR) is 78.7 cm³/mol. The number of nitrogens with two attached hydrogens (primary N) is 1. The molecule has 1 fully saturated rings. The van der Waals surface area contributed by atoms with E-state index in [2.05, 4.69) is 31.1 Å². The molecule has 0 aliphatic heterocycles. The Bertz CT molecular complexity index is 356. The highest BCUT2D eigenvalue weighted by Crippen LogP contribution is 2.46. The summed E-state index contributed by atoms with van der Waals surface area (Å²) in [4.78, 5) is 4.43. The first-order valence-corrected chi connectivity index (χ1v) is 7.97. The van der Waals surface area contributed by atoms with E-state index >= 15 is 0 Å². The SMILES string of the molecule is CC(C)(C)C1CCC(CN)(Cc2cscn2)CC1. The van der Waals surface area contributed by atoms with Crippen molar-refractivity contribution in [3.05, 3.63) is 16.6 Å². The van der Waals surface area contributed by atoms with Gasteiger partial charge in [-0.15, -0.1) is 11.3 Å². The van der Waals surface area contributed by atoms with Gasteiger partial charge in [-0.1, -0.05) is 20.8 Å². The zero-order valence-electron chi connectivity index (χ0n) is 11.9. The summed E-state index contributed by atoms with van der Waals surface area (Å²) < 4.78 is 0. The highest BCUT2D eigenvalue weighted by molar-refractivity contribution is 7.07. The van der Waals surface area contributed by atoms with Crippen molar-refractivity contribution in [2.45, 2.75) is 52.9 Å². The van der Waals surface area contributed by atoms with Crippen LogP contribution in [0, 0.1) is 16.7 Å². The van der Waals surface area contributed by atoms with Crippen LogP contribution in [0.4, 0.5) is 0 Å². The molecule has 1 aliphatic carbocycles. The third-order valence-electron chi connectivity index (χ3n) is 4.74. The molecule has 0 radical (unpaired) electrons. The van der Waals surface area contributed by atoms with Gasteiger partial charge in [-0.2, -0.15) is 0 Å². The van der Waals surface area contributed by atoms with E-state index in [1.54, 1.807) is 11.3 Å². The summed E-state index contributed by atoms with van der Waals surface area (Å²) in [5.41, 5.74) is 10.0. The van der Waals surface area contributed by atoms with Crippen molar-refractivity contribution < 1.29 is 0 Å². The zero-order chi connectivity index (χ0) is 13.2. The maximum absolute atomic E-state index is 6.08. The molecule has 1 aliphatic rings. The Morgan fingerprint density at radius 1 is 1.39 bits per heavy atom. The first-order valence-electron chi connectivity index (χ1n) is 7.02. The summed E-state index contributed by atoms with van der Waals surface area (Å²) in [7, 11) is 0. The van der Waals surface area contributed by atoms with Crippen LogP contribution in [0.5, 0.6) is 0 Å². The smallest absolute Gasteiger partial charge is 0.0794 e. The van der Waals surface area contributed by atoms with Crippen LogP contribution in [0.1, 0.15) is 52.1 Å². The van der Waals surface area contributed by atoms with Crippen molar-refractivity contribution in [2.24, 2.45) is 22.5 Å². The molecular formula is C15H26N2S. The van der Waals surface area contributed by atoms with Crippen molar-refractivity contribution in [3.8, 4) is 0 Å². The van der Waals surface area contributed by atoms with Gasteiger partial charge in [-0.3, -0.25) is 0 Å². The number of thiazole rings is 1. The Morgan fingerprint density at radius 3 is 2.50 bits per heavy atom. The van der Waals surface area contributed by atoms with Gasteiger partial charge in [-0.05, 0) is 55.4 Å². The van der Waals surface area contributed by atoms with Crippen molar-refractivity contribution in [3.63, 3.8) is 0 Å². The second-order valence-corrected chi connectivity index (χ2v) is 7.72. The molecule has 2 rings (SSSR count). The van der Waals surface area contributed by atoms with Crippen LogP contribution in [0.2, 0.25) is 0 Å². The summed E-state index contributed by atoms with van der Waals surface area (Å²) in [6.07, 6.45) is 6.26. The molecule has 1 aromatic heterocycles. The lowest BCUT2D eigenvalue weighted by atomic mass is 9.63. The van der Waals surface area contributed by atoms with Gasteiger partial charge in [0, 0.05) is 5.38 Å². The average molecular weight is 266 g/mol. The van der Waals surface area contributed by atoms with Gasteiger partial charge in [-0.25, -0.2) is 4.98 Å². The van der Waals surface area contributed by atoms with Crippen LogP contribution in [0.3, 0.4) is 0 Å². The zero-order valence-corrected chi connectivity index (χ0v) is 12.7. The summed E-state index contributed by atoms with van der Waals surface area (Å²) in [5.74, 6) is 0.854. The molecule has 1 aromatic rings. The standard InChI is InChI=1S/C15H26N2S/c1-14(2,3)12-4-6-15(10-16,7-5-12)8-13-9-18-11-17-13/h9,11-12H,4-8,10,16H2,1-3H3. The lowest BCUT2D eigenvalue weighted by Gasteiger charge is -2.43. The molecule has 0 atom stereocenters. The minimum absolute atomic E-state index is 0.315. The normalized spacial score (nSPS) is 29.4. The van der Waals surface area contributed by atoms with E-state index in [-0.39, 0.29) is 0 Å². The second kappa shape index (κ2) is 5.30. The van der Waals surface area contributed by atoms with E-state index in [9.17, 15) is 0 Å². The van der Waals surface area contributed by atoms with E-state index in [0.717, 1.165) is 18.9 Å². The highest BCUT2D eigenvalue weighted by Gasteiger charge is 2.38. The molecule has 0 spiro atoms. The predicted octanol–water partition coefficient (Wildman–Crippen LogP) is 3.87. The van der Waals surface area contributed by atoms with Crippen LogP contribution in [0.25, 0.3) is 0 Å². The van der Waals surface area contributed by atoms with Crippen LogP contribution in [-0.2, 0) is 6.42 Å². The summed E-state index contributed by atoms with van der Waals surface area (Å²) in [6, 6.07) is 0. The molecule has 1 heterocycles. The molecule has 2 N–H and O–H groups in total. The van der Waals surface area contributed by atoms with Gasteiger partial charge >= 0.3 is 0 Å². The number of hydrogen-bond acceptors (Lipinski definition) is 3. The molecule has 0 unspecified atom stereocenters. The van der Waals surface area contributed by atoms with Crippen LogP contribution >= 0.6 is 11.3 Å². The molecule has 0 saturated heterocycles. The number of aromatic nitrogens is 1. The molecule has 0 bridgehead atoms. The molecule has 3 heteroatoms. The van der Waals surface area contributed by atoms with Gasteiger partial charge in [0.2, 0.25) is 0 Å². The van der Waals surface area contributed by atoms with Crippen LogP contribution in [0.15, 0.2) is 10.9 Å². The molecule has 0 aromatic carbocycles. The van der Waals surface area contributed by atoms with E-state index in [1.165, 1.54) is 31.4 Å². The van der Waals surface area contributed by atoms with Crippen LogP contribution < -0.4 is 5.73 Å². The fourth-order valence-electron chi connectivity index (χ4n) is 3.26. The monoisotopic (exact) mass is 266 g/mol. The van der Waals surface area contributed by atoms with Crippen molar-refractivity contribution in [1.29, 1.82) is 0 Å². The lowest BCUT2D eigenvalue weighted by molar-refractivity contribution is 0.0921. The Labute approximate surface area is 115 Å². The largest absolute Gasteiger partial charge is 0.330 e. The van der Waals surface area contributed by atoms with Gasteiger partial charge in [0.15, 0.2) is 0 Å². The quantitative estimate of drug-likeness (QED) is 0.902. The second-order valence-electron chi connectivity index (χ2n) is 7.00. The fourth-order valence-corrected chi connectivity index (χ4v) is 3.82. The topological polar surface area (TPSA) is 38.9 Å². The van der Waals surface area contributed by atoms with E-state index in [4.69, 9.17) is 5.73 Å². The minimum Gasteiger partial charge on any atom is -0.330 e. The summed E-state index contributed by atoms with van der Waals surface area (Å²) >= 11 is 1.69. The maximum Gasteiger partial charge on any atom is 0.0794 e. The molecule has 0 amide bonds. The van der Waals surface area contributed by atoms with Gasteiger partial charge in [0.1, 0.15) is 0 Å². The summed E-state index contributed by atoms with van der Waals surface area (Å²) in [5, 5.41) is 2.17. The Hall–Kier alpha value is -0.410. The van der Waals surface area contributed by atoms with E-state index in [0.29, 0.717) is 10.8 Å². The lowest BCUT2D eigenvalue weighted by Crippen LogP contribution is -2.39. The first kappa shape index (κ1) is 14.0. The summed E-state index contributed by atoms with van der Waals surface area (Å²) in [6.45, 7) is 7.91. The molecule has 2 nitrogen and oxygen atoms in total. The molecular weight excluding hydrogens is 240 g/mol. The number of nitrogens with zero attached hydrogens (tertiary/aromatic N) is 1. The highest BCUT2D eigenvalue weighted by atomic mass is 32.1. The van der Waals surface area contributed by atoms with Crippen molar-refractivity contribution in [1.82, 2.24) is 4.98 Å². The maximum atomic E-state index is 6.08. The molecule has 18 heavy (non-hydrogen) atoms. The molecule has 1 saturated carbocycles. The van der Waals surface area contributed by atoms with Gasteiger partial charge in [0.05, 0.1) is 11.2 Å². The van der Waals surface area contributed by atoms with E-state index in [1.807, 2.05) is 5.51 Å². The van der Waals surface area contributed by atoms with Crippen molar-refractivity contribution in [2.75, 3.05) is 6.54 Å². The third-order valence-corrected chi connectivity index (χ3v) is 5.38. The number of hydrogen-bond donors (Lipinski definition) is 1.